The molecule has 2 aliphatic rings. The zero-order chi connectivity index (χ0) is 22.5. The first-order chi connectivity index (χ1) is 15.5. The minimum atomic E-state index is -0.669. The van der Waals surface area contributed by atoms with Crippen LogP contribution in [-0.2, 0) is 16.0 Å². The van der Waals surface area contributed by atoms with E-state index in [4.69, 9.17) is 9.47 Å². The molecule has 0 aliphatic carbocycles. The summed E-state index contributed by atoms with van der Waals surface area (Å²) in [6.07, 6.45) is 0.919. The van der Waals surface area contributed by atoms with Gasteiger partial charge in [0.05, 0.1) is 6.04 Å². The van der Waals surface area contributed by atoms with Crippen molar-refractivity contribution < 1.29 is 19.1 Å². The maximum atomic E-state index is 12.5. The number of carbonyl (C=O) groups excluding carboxylic acids is 2. The number of fused-ring (bicyclic) bond motifs is 1. The molecule has 8 heteroatoms. The Bertz CT molecular complexity index is 955. The Hall–Kier alpha value is -3.10. The lowest BCUT2D eigenvalue weighted by molar-refractivity contribution is -0.136. The van der Waals surface area contributed by atoms with Crippen LogP contribution in [0.15, 0.2) is 42.5 Å². The van der Waals surface area contributed by atoms with Gasteiger partial charge < -0.3 is 25.0 Å². The summed E-state index contributed by atoms with van der Waals surface area (Å²) >= 11 is 0. The van der Waals surface area contributed by atoms with E-state index in [-0.39, 0.29) is 12.8 Å². The predicted octanol–water partition coefficient (Wildman–Crippen LogP) is 2.02. The average Bonchev–Trinajstić information content (AvgIpc) is 3.28. The standard InChI is InChI=1S/C24H30N4O4/c1-3-17-4-7-19(8-5-17)26-24(30)23(29)25-15-20(28-12-10-27(2)11-13-28)18-6-9-21-22(14-18)32-16-31-21/h4-9,14,20H,3,10-13,15-16H2,1-2H3,(H,25,29)(H,26,30). The molecule has 170 valence electrons. The van der Waals surface area contributed by atoms with Gasteiger partial charge >= 0.3 is 11.8 Å². The largest absolute Gasteiger partial charge is 0.454 e. The quantitative estimate of drug-likeness (QED) is 0.672. The van der Waals surface area contributed by atoms with E-state index in [1.165, 1.54) is 5.56 Å². The van der Waals surface area contributed by atoms with Crippen LogP contribution >= 0.6 is 0 Å². The molecule has 0 bridgehead atoms. The fourth-order valence-electron chi connectivity index (χ4n) is 3.99. The molecule has 2 aliphatic heterocycles. The number of amides is 2. The molecule has 2 aromatic carbocycles. The molecule has 1 unspecified atom stereocenters. The van der Waals surface area contributed by atoms with Crippen molar-refractivity contribution in [2.45, 2.75) is 19.4 Å². The highest BCUT2D eigenvalue weighted by Gasteiger charge is 2.27. The van der Waals surface area contributed by atoms with Crippen molar-refractivity contribution in [3.63, 3.8) is 0 Å². The zero-order valence-electron chi connectivity index (χ0n) is 18.6. The number of likely N-dealkylation sites (N-methyl/N-ethyl adjacent to an activating group) is 1. The summed E-state index contributed by atoms with van der Waals surface area (Å²) < 4.78 is 11.0. The van der Waals surface area contributed by atoms with Gasteiger partial charge in [-0.1, -0.05) is 25.1 Å². The van der Waals surface area contributed by atoms with E-state index in [9.17, 15) is 9.59 Å². The monoisotopic (exact) mass is 438 g/mol. The lowest BCUT2D eigenvalue weighted by Gasteiger charge is -2.38. The van der Waals surface area contributed by atoms with Crippen LogP contribution in [-0.4, -0.2) is 68.2 Å². The molecule has 2 N–H and O–H groups in total. The normalized spacial score (nSPS) is 17.1. The van der Waals surface area contributed by atoms with Crippen LogP contribution in [0, 0.1) is 0 Å². The average molecular weight is 439 g/mol. The molecule has 2 heterocycles. The Morgan fingerprint density at radius 1 is 0.969 bits per heavy atom. The third-order valence-electron chi connectivity index (χ3n) is 6.04. The number of nitrogens with one attached hydrogen (secondary N) is 2. The van der Waals surface area contributed by atoms with Gasteiger partial charge in [0.25, 0.3) is 0 Å². The lowest BCUT2D eigenvalue weighted by atomic mass is 10.0. The molecule has 0 aromatic heterocycles. The van der Waals surface area contributed by atoms with Crippen molar-refractivity contribution in [3.05, 3.63) is 53.6 Å². The SMILES string of the molecule is CCc1ccc(NC(=O)C(=O)NCC(c2ccc3c(c2)OCO3)N2CCN(C)CC2)cc1. The number of nitrogens with zero attached hydrogens (tertiary/aromatic N) is 2. The number of hydrogen-bond acceptors (Lipinski definition) is 6. The van der Waals surface area contributed by atoms with E-state index < -0.39 is 11.8 Å². The molecule has 1 fully saturated rings. The summed E-state index contributed by atoms with van der Waals surface area (Å²) in [5.41, 5.74) is 2.80. The maximum Gasteiger partial charge on any atom is 0.313 e. The fraction of sp³-hybridized carbons (Fsp3) is 0.417. The Morgan fingerprint density at radius 2 is 1.69 bits per heavy atom. The number of hydrogen-bond donors (Lipinski definition) is 2. The number of piperazine rings is 1. The number of rotatable bonds is 6. The first-order valence-corrected chi connectivity index (χ1v) is 11.0. The van der Waals surface area contributed by atoms with Crippen LogP contribution in [0.4, 0.5) is 5.69 Å². The Morgan fingerprint density at radius 3 is 2.41 bits per heavy atom. The van der Waals surface area contributed by atoms with Crippen LogP contribution in [0.5, 0.6) is 11.5 Å². The van der Waals surface area contributed by atoms with E-state index in [2.05, 4.69) is 34.4 Å². The lowest BCUT2D eigenvalue weighted by Crippen LogP contribution is -2.49. The summed E-state index contributed by atoms with van der Waals surface area (Å²) in [5.74, 6) is 0.117. The van der Waals surface area contributed by atoms with Crippen LogP contribution in [0.1, 0.15) is 24.1 Å². The predicted molar refractivity (Wildman–Crippen MR) is 122 cm³/mol. The molecular weight excluding hydrogens is 408 g/mol. The van der Waals surface area contributed by atoms with Crippen LogP contribution in [0.25, 0.3) is 0 Å². The third kappa shape index (κ3) is 5.20. The topological polar surface area (TPSA) is 83.1 Å². The number of anilines is 1. The molecule has 32 heavy (non-hydrogen) atoms. The van der Waals surface area contributed by atoms with E-state index in [0.717, 1.165) is 43.9 Å². The summed E-state index contributed by atoms with van der Waals surface area (Å²) in [6, 6.07) is 13.3. The van der Waals surface area contributed by atoms with Gasteiger partial charge in [0.1, 0.15) is 0 Å². The van der Waals surface area contributed by atoms with Gasteiger partial charge in [-0.2, -0.15) is 0 Å². The highest BCUT2D eigenvalue weighted by molar-refractivity contribution is 6.39. The molecule has 1 saturated heterocycles. The molecule has 1 atom stereocenters. The van der Waals surface area contributed by atoms with Crippen molar-refractivity contribution >= 4 is 17.5 Å². The van der Waals surface area contributed by atoms with Gasteiger partial charge in [0, 0.05) is 38.4 Å². The number of carbonyl (C=O) groups is 2. The molecular formula is C24H30N4O4. The van der Waals surface area contributed by atoms with E-state index >= 15 is 0 Å². The number of aryl methyl sites for hydroxylation is 1. The summed E-state index contributed by atoms with van der Waals surface area (Å²) in [5, 5.41) is 5.49. The molecule has 0 spiro atoms. The molecule has 2 amide bonds. The number of ether oxygens (including phenoxy) is 2. The minimum Gasteiger partial charge on any atom is -0.454 e. The number of benzene rings is 2. The zero-order valence-corrected chi connectivity index (χ0v) is 18.6. The van der Waals surface area contributed by atoms with E-state index in [1.54, 1.807) is 0 Å². The maximum absolute atomic E-state index is 12.5. The Labute approximate surface area is 188 Å². The van der Waals surface area contributed by atoms with Crippen LogP contribution in [0.3, 0.4) is 0 Å². The third-order valence-corrected chi connectivity index (χ3v) is 6.04. The molecule has 0 saturated carbocycles. The second kappa shape index (κ2) is 10.0. The van der Waals surface area contributed by atoms with Gasteiger partial charge in [0.2, 0.25) is 6.79 Å². The van der Waals surface area contributed by atoms with Crippen LogP contribution in [0.2, 0.25) is 0 Å². The second-order valence-corrected chi connectivity index (χ2v) is 8.18. The smallest absolute Gasteiger partial charge is 0.313 e. The van der Waals surface area contributed by atoms with Gasteiger partial charge in [-0.3, -0.25) is 14.5 Å². The van der Waals surface area contributed by atoms with Crippen molar-refractivity contribution in [3.8, 4) is 11.5 Å². The fourth-order valence-corrected chi connectivity index (χ4v) is 3.99. The van der Waals surface area contributed by atoms with Crippen LogP contribution < -0.4 is 20.1 Å². The first-order valence-electron chi connectivity index (χ1n) is 11.0. The van der Waals surface area contributed by atoms with Gasteiger partial charge in [0.15, 0.2) is 11.5 Å². The molecule has 4 rings (SSSR count). The first kappa shape index (κ1) is 22.1. The summed E-state index contributed by atoms with van der Waals surface area (Å²) in [7, 11) is 2.10. The molecule has 2 aromatic rings. The van der Waals surface area contributed by atoms with E-state index in [1.807, 2.05) is 42.5 Å². The highest BCUT2D eigenvalue weighted by atomic mass is 16.7. The molecule has 0 radical (unpaired) electrons. The van der Waals surface area contributed by atoms with Crippen molar-refractivity contribution in [1.29, 1.82) is 0 Å². The van der Waals surface area contributed by atoms with Gasteiger partial charge in [-0.05, 0) is 48.9 Å². The van der Waals surface area contributed by atoms with Crippen molar-refractivity contribution in [1.82, 2.24) is 15.1 Å². The Balaban J connectivity index is 1.42. The van der Waals surface area contributed by atoms with Gasteiger partial charge in [-0.25, -0.2) is 0 Å². The van der Waals surface area contributed by atoms with Gasteiger partial charge in [-0.15, -0.1) is 0 Å². The highest BCUT2D eigenvalue weighted by Crippen LogP contribution is 2.35. The summed E-state index contributed by atoms with van der Waals surface area (Å²) in [6.45, 7) is 6.26. The van der Waals surface area contributed by atoms with E-state index in [0.29, 0.717) is 18.0 Å². The summed E-state index contributed by atoms with van der Waals surface area (Å²) in [4.78, 5) is 29.6. The van der Waals surface area contributed by atoms with Crippen molar-refractivity contribution in [2.24, 2.45) is 0 Å². The minimum absolute atomic E-state index is 0.0706. The van der Waals surface area contributed by atoms with Crippen molar-refractivity contribution in [2.75, 3.05) is 51.9 Å². The molecule has 8 nitrogen and oxygen atoms in total. The second-order valence-electron chi connectivity index (χ2n) is 8.18. The Kier molecular flexibility index (Phi) is 6.92.